The molecule has 2 rings (SSSR count). The number of rotatable bonds is 6. The van der Waals surface area contributed by atoms with E-state index in [1.165, 1.54) is 6.20 Å². The predicted molar refractivity (Wildman–Crippen MR) is 85.4 cm³/mol. The Kier molecular flexibility index (Phi) is 6.19. The minimum absolute atomic E-state index is 0.172. The highest BCUT2D eigenvalue weighted by molar-refractivity contribution is 6.29. The van der Waals surface area contributed by atoms with E-state index in [0.717, 1.165) is 5.56 Å². The first kappa shape index (κ1) is 17.1. The van der Waals surface area contributed by atoms with Gasteiger partial charge in [0.2, 0.25) is 0 Å². The number of hydrogen-bond donors (Lipinski definition) is 3. The second-order valence-corrected chi connectivity index (χ2v) is 5.26. The van der Waals surface area contributed by atoms with Gasteiger partial charge in [-0.3, -0.25) is 0 Å². The molecular formula is C16H17ClN2O4. The molecule has 1 aromatic heterocycles. The van der Waals surface area contributed by atoms with Crippen LogP contribution in [0.15, 0.2) is 42.6 Å². The molecule has 1 amide bonds. The monoisotopic (exact) mass is 336 g/mol. The molecule has 0 unspecified atom stereocenters. The van der Waals surface area contributed by atoms with Crippen LogP contribution in [0, 0.1) is 0 Å². The average molecular weight is 337 g/mol. The molecule has 6 nitrogen and oxygen atoms in total. The molecule has 7 heteroatoms. The lowest BCUT2D eigenvalue weighted by atomic mass is 10.1. The van der Waals surface area contributed by atoms with Crippen LogP contribution in [-0.2, 0) is 11.2 Å². The maximum Gasteiger partial charge on any atom is 0.407 e. The van der Waals surface area contributed by atoms with Gasteiger partial charge in [-0.2, -0.15) is 0 Å². The number of benzene rings is 1. The molecule has 3 N–H and O–H groups in total. The third kappa shape index (κ3) is 5.77. The second-order valence-electron chi connectivity index (χ2n) is 4.87. The summed E-state index contributed by atoms with van der Waals surface area (Å²) in [4.78, 5) is 15.4. The third-order valence-corrected chi connectivity index (χ3v) is 3.35. The van der Waals surface area contributed by atoms with Gasteiger partial charge in [0.1, 0.15) is 23.6 Å². The van der Waals surface area contributed by atoms with Gasteiger partial charge in [-0.05, 0) is 30.2 Å². The minimum Gasteiger partial charge on any atom is -0.508 e. The lowest BCUT2D eigenvalue weighted by molar-refractivity contribution is 0.0680. The number of aromatic hydroxyl groups is 1. The maximum absolute atomic E-state index is 11.6. The number of nitrogens with zero attached hydrogens (tertiary/aromatic N) is 1. The van der Waals surface area contributed by atoms with Crippen molar-refractivity contribution in [3.05, 3.63) is 58.9 Å². The number of phenols is 1. The largest absolute Gasteiger partial charge is 0.508 e. The summed E-state index contributed by atoms with van der Waals surface area (Å²) in [5.41, 5.74) is 1.50. The van der Waals surface area contributed by atoms with Crippen LogP contribution in [0.1, 0.15) is 17.2 Å². The fourth-order valence-corrected chi connectivity index (χ4v) is 1.97. The number of carbonyl (C=O) groups is 1. The highest BCUT2D eigenvalue weighted by atomic mass is 35.5. The number of aliphatic hydroxyl groups is 1. The SMILES string of the molecule is O=C(NCCc1ccc(O)cc1)OC[C@H](O)c1ccc(Cl)nc1. The Bertz CT molecular complexity index is 632. The van der Waals surface area contributed by atoms with Crippen LogP contribution in [0.2, 0.25) is 5.15 Å². The summed E-state index contributed by atoms with van der Waals surface area (Å²) in [7, 11) is 0. The van der Waals surface area contributed by atoms with Crippen LogP contribution in [0.5, 0.6) is 5.75 Å². The van der Waals surface area contributed by atoms with E-state index < -0.39 is 12.2 Å². The van der Waals surface area contributed by atoms with Gasteiger partial charge in [-0.25, -0.2) is 9.78 Å². The summed E-state index contributed by atoms with van der Waals surface area (Å²) >= 11 is 5.66. The summed E-state index contributed by atoms with van der Waals surface area (Å²) in [6, 6.07) is 9.90. The first-order valence-electron chi connectivity index (χ1n) is 7.02. The Morgan fingerprint density at radius 3 is 2.65 bits per heavy atom. The number of alkyl carbamates (subject to hydrolysis) is 1. The van der Waals surface area contributed by atoms with Crippen LogP contribution in [-0.4, -0.2) is 34.4 Å². The quantitative estimate of drug-likeness (QED) is 0.705. The van der Waals surface area contributed by atoms with Crippen molar-refractivity contribution in [2.75, 3.05) is 13.2 Å². The van der Waals surface area contributed by atoms with E-state index in [2.05, 4.69) is 10.3 Å². The molecule has 2 aromatic rings. The number of aliphatic hydroxyl groups excluding tert-OH is 1. The summed E-state index contributed by atoms with van der Waals surface area (Å²) in [5, 5.41) is 22.0. The van der Waals surface area contributed by atoms with Gasteiger partial charge in [0, 0.05) is 18.3 Å². The van der Waals surface area contributed by atoms with E-state index in [9.17, 15) is 15.0 Å². The number of carbonyl (C=O) groups excluding carboxylic acids is 1. The lowest BCUT2D eigenvalue weighted by Gasteiger charge is -2.12. The fourth-order valence-electron chi connectivity index (χ4n) is 1.86. The standard InChI is InChI=1S/C16H17ClN2O4/c17-15-6-3-12(9-19-15)14(21)10-23-16(22)18-8-7-11-1-4-13(20)5-2-11/h1-6,9,14,20-21H,7-8,10H2,(H,18,22)/t14-/m0/s1. The van der Waals surface area contributed by atoms with Gasteiger partial charge < -0.3 is 20.3 Å². The number of phenolic OH excluding ortho intramolecular Hbond substituents is 1. The number of aromatic nitrogens is 1. The molecule has 23 heavy (non-hydrogen) atoms. The highest BCUT2D eigenvalue weighted by Gasteiger charge is 2.11. The van der Waals surface area contributed by atoms with E-state index in [1.54, 1.807) is 36.4 Å². The lowest BCUT2D eigenvalue weighted by Crippen LogP contribution is -2.28. The molecule has 0 aliphatic rings. The number of pyridine rings is 1. The zero-order chi connectivity index (χ0) is 16.7. The molecule has 0 fully saturated rings. The van der Waals surface area contributed by atoms with Gasteiger partial charge in [0.15, 0.2) is 0 Å². The molecule has 1 atom stereocenters. The molecule has 0 bridgehead atoms. The summed E-state index contributed by atoms with van der Waals surface area (Å²) < 4.78 is 4.94. The summed E-state index contributed by atoms with van der Waals surface area (Å²) in [5.74, 6) is 0.201. The summed E-state index contributed by atoms with van der Waals surface area (Å²) in [6.45, 7) is 0.219. The Morgan fingerprint density at radius 2 is 2.00 bits per heavy atom. The van der Waals surface area contributed by atoms with Crippen molar-refractivity contribution in [3.63, 3.8) is 0 Å². The topological polar surface area (TPSA) is 91.7 Å². The molecule has 1 aromatic carbocycles. The van der Waals surface area contributed by atoms with Crippen molar-refractivity contribution in [1.82, 2.24) is 10.3 Å². The molecule has 0 saturated heterocycles. The first-order valence-corrected chi connectivity index (χ1v) is 7.40. The van der Waals surface area contributed by atoms with Gasteiger partial charge in [-0.1, -0.05) is 29.8 Å². The van der Waals surface area contributed by atoms with Gasteiger partial charge in [0.05, 0.1) is 0 Å². The molecule has 0 saturated carbocycles. The molecule has 0 aliphatic carbocycles. The third-order valence-electron chi connectivity index (χ3n) is 3.13. The zero-order valence-electron chi connectivity index (χ0n) is 12.3. The maximum atomic E-state index is 11.6. The molecule has 1 heterocycles. The van der Waals surface area contributed by atoms with E-state index in [-0.39, 0.29) is 12.4 Å². The zero-order valence-corrected chi connectivity index (χ0v) is 13.0. The molecule has 0 spiro atoms. The van der Waals surface area contributed by atoms with Crippen molar-refractivity contribution < 1.29 is 19.7 Å². The Balaban J connectivity index is 1.68. The molecule has 122 valence electrons. The predicted octanol–water partition coefficient (Wildman–Crippen LogP) is 2.44. The van der Waals surface area contributed by atoms with E-state index in [0.29, 0.717) is 23.7 Å². The van der Waals surface area contributed by atoms with Crippen LogP contribution >= 0.6 is 11.6 Å². The van der Waals surface area contributed by atoms with Crippen LogP contribution < -0.4 is 5.32 Å². The highest BCUT2D eigenvalue weighted by Crippen LogP contribution is 2.14. The van der Waals surface area contributed by atoms with Gasteiger partial charge in [-0.15, -0.1) is 0 Å². The smallest absolute Gasteiger partial charge is 0.407 e. The van der Waals surface area contributed by atoms with E-state index in [4.69, 9.17) is 16.3 Å². The Labute approximate surface area is 138 Å². The number of nitrogens with one attached hydrogen (secondary N) is 1. The number of hydrogen-bond acceptors (Lipinski definition) is 5. The number of amides is 1. The van der Waals surface area contributed by atoms with Crippen LogP contribution in [0.4, 0.5) is 4.79 Å². The average Bonchev–Trinajstić information content (AvgIpc) is 2.55. The van der Waals surface area contributed by atoms with Gasteiger partial charge >= 0.3 is 6.09 Å². The molecular weight excluding hydrogens is 320 g/mol. The second kappa shape index (κ2) is 8.36. The number of ether oxygens (including phenoxy) is 1. The fraction of sp³-hybridized carbons (Fsp3) is 0.250. The molecule has 0 aliphatic heterocycles. The Hall–Kier alpha value is -2.31. The first-order chi connectivity index (χ1) is 11.0. The van der Waals surface area contributed by atoms with Crippen molar-refractivity contribution in [2.45, 2.75) is 12.5 Å². The minimum atomic E-state index is -0.956. The normalized spacial score (nSPS) is 11.7. The van der Waals surface area contributed by atoms with Crippen LogP contribution in [0.25, 0.3) is 0 Å². The van der Waals surface area contributed by atoms with Crippen molar-refractivity contribution >= 4 is 17.7 Å². The van der Waals surface area contributed by atoms with Crippen molar-refractivity contribution in [2.24, 2.45) is 0 Å². The van der Waals surface area contributed by atoms with E-state index >= 15 is 0 Å². The van der Waals surface area contributed by atoms with Crippen molar-refractivity contribution in [3.8, 4) is 5.75 Å². The van der Waals surface area contributed by atoms with E-state index in [1.807, 2.05) is 0 Å². The summed E-state index contributed by atoms with van der Waals surface area (Å²) in [6.07, 6.45) is 0.477. The molecule has 0 radical (unpaired) electrons. The van der Waals surface area contributed by atoms with Crippen molar-refractivity contribution in [1.29, 1.82) is 0 Å². The number of halogens is 1. The Morgan fingerprint density at radius 1 is 1.26 bits per heavy atom. The van der Waals surface area contributed by atoms with Gasteiger partial charge in [0.25, 0.3) is 0 Å². The van der Waals surface area contributed by atoms with Crippen LogP contribution in [0.3, 0.4) is 0 Å².